The summed E-state index contributed by atoms with van der Waals surface area (Å²) >= 11 is 3.57. The number of ether oxygens (including phenoxy) is 3. The zero-order chi connectivity index (χ0) is 14.8. The molecule has 0 saturated carbocycles. The molecule has 4 nitrogen and oxygen atoms in total. The predicted molar refractivity (Wildman–Crippen MR) is 85.3 cm³/mol. The smallest absolute Gasteiger partial charge is 0.231 e. The Labute approximate surface area is 132 Å². The number of fused-ring (bicyclic) bond motifs is 1. The van der Waals surface area contributed by atoms with E-state index in [1.807, 2.05) is 24.3 Å². The molecule has 5 heteroatoms. The third kappa shape index (κ3) is 2.93. The van der Waals surface area contributed by atoms with Crippen molar-refractivity contribution in [2.24, 2.45) is 0 Å². The second-order valence-corrected chi connectivity index (χ2v) is 5.71. The van der Waals surface area contributed by atoms with Crippen LogP contribution in [0.15, 0.2) is 34.8 Å². The van der Waals surface area contributed by atoms with Gasteiger partial charge in [-0.3, -0.25) is 0 Å². The van der Waals surface area contributed by atoms with Crippen LogP contribution < -0.4 is 19.5 Å². The van der Waals surface area contributed by atoms with Crippen molar-refractivity contribution in [2.45, 2.75) is 13.5 Å². The molecule has 3 rings (SSSR count). The van der Waals surface area contributed by atoms with Crippen molar-refractivity contribution < 1.29 is 14.2 Å². The number of anilines is 1. The third-order valence-electron chi connectivity index (χ3n) is 3.37. The molecule has 1 aliphatic heterocycles. The van der Waals surface area contributed by atoms with Gasteiger partial charge in [0.05, 0.1) is 12.8 Å². The maximum atomic E-state index is 5.41. The summed E-state index contributed by atoms with van der Waals surface area (Å²) in [6, 6.07) is 9.99. The molecule has 0 saturated heterocycles. The van der Waals surface area contributed by atoms with Gasteiger partial charge in [-0.15, -0.1) is 0 Å². The van der Waals surface area contributed by atoms with E-state index < -0.39 is 0 Å². The summed E-state index contributed by atoms with van der Waals surface area (Å²) in [4.78, 5) is 0. The minimum atomic E-state index is 0.282. The molecule has 110 valence electrons. The van der Waals surface area contributed by atoms with E-state index in [1.165, 1.54) is 5.56 Å². The SMILES string of the molecule is COc1ccc(C)cc1NCc1cc2c(cc1Br)OCO2. The van der Waals surface area contributed by atoms with E-state index in [0.717, 1.165) is 33.0 Å². The molecule has 2 aromatic rings. The van der Waals surface area contributed by atoms with Crippen LogP contribution in [0.2, 0.25) is 0 Å². The summed E-state index contributed by atoms with van der Waals surface area (Å²) in [7, 11) is 1.67. The minimum Gasteiger partial charge on any atom is -0.495 e. The number of rotatable bonds is 4. The molecule has 2 aromatic carbocycles. The van der Waals surface area contributed by atoms with Gasteiger partial charge in [0.2, 0.25) is 6.79 Å². The maximum Gasteiger partial charge on any atom is 0.231 e. The van der Waals surface area contributed by atoms with E-state index in [0.29, 0.717) is 6.54 Å². The van der Waals surface area contributed by atoms with Gasteiger partial charge in [-0.25, -0.2) is 0 Å². The molecule has 0 atom stereocenters. The average molecular weight is 350 g/mol. The van der Waals surface area contributed by atoms with Gasteiger partial charge in [0, 0.05) is 11.0 Å². The fourth-order valence-corrected chi connectivity index (χ4v) is 2.71. The lowest BCUT2D eigenvalue weighted by Crippen LogP contribution is -2.02. The Morgan fingerprint density at radius 2 is 1.95 bits per heavy atom. The zero-order valence-corrected chi connectivity index (χ0v) is 13.5. The van der Waals surface area contributed by atoms with Crippen LogP contribution in [-0.2, 0) is 6.54 Å². The van der Waals surface area contributed by atoms with Crippen LogP contribution >= 0.6 is 15.9 Å². The molecular weight excluding hydrogens is 334 g/mol. The lowest BCUT2D eigenvalue weighted by molar-refractivity contribution is 0.174. The van der Waals surface area contributed by atoms with Crippen molar-refractivity contribution in [3.63, 3.8) is 0 Å². The van der Waals surface area contributed by atoms with Crippen LogP contribution in [0.4, 0.5) is 5.69 Å². The molecule has 0 bridgehead atoms. The molecule has 0 radical (unpaired) electrons. The summed E-state index contributed by atoms with van der Waals surface area (Å²) < 4.78 is 17.1. The molecule has 0 aliphatic carbocycles. The Morgan fingerprint density at radius 1 is 1.19 bits per heavy atom. The summed E-state index contributed by atoms with van der Waals surface area (Å²) in [6.07, 6.45) is 0. The topological polar surface area (TPSA) is 39.7 Å². The normalized spacial score (nSPS) is 12.3. The number of benzene rings is 2. The molecular formula is C16H16BrNO3. The molecule has 0 spiro atoms. The highest BCUT2D eigenvalue weighted by atomic mass is 79.9. The molecule has 1 heterocycles. The van der Waals surface area contributed by atoms with Crippen molar-refractivity contribution >= 4 is 21.6 Å². The zero-order valence-electron chi connectivity index (χ0n) is 11.9. The molecule has 0 aromatic heterocycles. The summed E-state index contributed by atoms with van der Waals surface area (Å²) in [6.45, 7) is 3.00. The van der Waals surface area contributed by atoms with E-state index in [-0.39, 0.29) is 6.79 Å². The van der Waals surface area contributed by atoms with Gasteiger partial charge in [0.25, 0.3) is 0 Å². The van der Waals surface area contributed by atoms with Gasteiger partial charge in [-0.05, 0) is 42.3 Å². The summed E-state index contributed by atoms with van der Waals surface area (Å²) in [5.74, 6) is 2.39. The van der Waals surface area contributed by atoms with Crippen LogP contribution in [0.25, 0.3) is 0 Å². The first-order valence-electron chi connectivity index (χ1n) is 6.64. The number of methoxy groups -OCH3 is 1. The van der Waals surface area contributed by atoms with E-state index in [9.17, 15) is 0 Å². The fraction of sp³-hybridized carbons (Fsp3) is 0.250. The first-order valence-corrected chi connectivity index (χ1v) is 7.43. The van der Waals surface area contributed by atoms with Crippen LogP contribution in [0.5, 0.6) is 17.2 Å². The average Bonchev–Trinajstić information content (AvgIpc) is 2.92. The predicted octanol–water partition coefficient (Wildman–Crippen LogP) is 4.11. The Balaban J connectivity index is 1.81. The molecule has 0 fully saturated rings. The van der Waals surface area contributed by atoms with Gasteiger partial charge in [-0.2, -0.15) is 0 Å². The Hall–Kier alpha value is -1.88. The summed E-state index contributed by atoms with van der Waals surface area (Å²) in [5.41, 5.74) is 3.26. The van der Waals surface area contributed by atoms with Gasteiger partial charge >= 0.3 is 0 Å². The molecule has 1 N–H and O–H groups in total. The highest BCUT2D eigenvalue weighted by Gasteiger charge is 2.16. The number of hydrogen-bond donors (Lipinski definition) is 1. The van der Waals surface area contributed by atoms with E-state index in [4.69, 9.17) is 14.2 Å². The molecule has 1 aliphatic rings. The van der Waals surface area contributed by atoms with Gasteiger partial charge in [0.1, 0.15) is 5.75 Å². The van der Waals surface area contributed by atoms with Crippen molar-refractivity contribution in [3.8, 4) is 17.2 Å². The minimum absolute atomic E-state index is 0.282. The highest BCUT2D eigenvalue weighted by molar-refractivity contribution is 9.10. The molecule has 0 amide bonds. The largest absolute Gasteiger partial charge is 0.495 e. The fourth-order valence-electron chi connectivity index (χ4n) is 2.25. The number of halogens is 1. The van der Waals surface area contributed by atoms with Crippen LogP contribution in [-0.4, -0.2) is 13.9 Å². The van der Waals surface area contributed by atoms with E-state index >= 15 is 0 Å². The van der Waals surface area contributed by atoms with Crippen molar-refractivity contribution in [3.05, 3.63) is 45.9 Å². The Kier molecular flexibility index (Phi) is 3.92. The van der Waals surface area contributed by atoms with Crippen LogP contribution in [0, 0.1) is 6.92 Å². The second-order valence-electron chi connectivity index (χ2n) is 4.85. The van der Waals surface area contributed by atoms with Gasteiger partial charge in [-0.1, -0.05) is 22.0 Å². The van der Waals surface area contributed by atoms with Crippen molar-refractivity contribution in [1.29, 1.82) is 0 Å². The Bertz CT molecular complexity index is 673. The highest BCUT2D eigenvalue weighted by Crippen LogP contribution is 2.37. The maximum absolute atomic E-state index is 5.41. The second kappa shape index (κ2) is 5.85. The number of nitrogens with one attached hydrogen (secondary N) is 1. The first kappa shape index (κ1) is 14.1. The van der Waals surface area contributed by atoms with Crippen molar-refractivity contribution in [1.82, 2.24) is 0 Å². The third-order valence-corrected chi connectivity index (χ3v) is 4.10. The van der Waals surface area contributed by atoms with Crippen LogP contribution in [0.3, 0.4) is 0 Å². The number of aryl methyl sites for hydroxylation is 1. The van der Waals surface area contributed by atoms with E-state index in [1.54, 1.807) is 7.11 Å². The molecule has 21 heavy (non-hydrogen) atoms. The van der Waals surface area contributed by atoms with Crippen molar-refractivity contribution in [2.75, 3.05) is 19.2 Å². The van der Waals surface area contributed by atoms with Gasteiger partial charge in [0.15, 0.2) is 11.5 Å². The Morgan fingerprint density at radius 3 is 2.71 bits per heavy atom. The van der Waals surface area contributed by atoms with Gasteiger partial charge < -0.3 is 19.5 Å². The number of hydrogen-bond acceptors (Lipinski definition) is 4. The lowest BCUT2D eigenvalue weighted by atomic mass is 10.1. The quantitative estimate of drug-likeness (QED) is 0.901. The lowest BCUT2D eigenvalue weighted by Gasteiger charge is -2.13. The first-order chi connectivity index (χ1) is 10.2. The van der Waals surface area contributed by atoms with Crippen LogP contribution in [0.1, 0.15) is 11.1 Å². The summed E-state index contributed by atoms with van der Waals surface area (Å²) in [5, 5.41) is 3.40. The standard InChI is InChI=1S/C16H16BrNO3/c1-10-3-4-14(19-2)13(5-10)18-8-11-6-15-16(7-12(11)17)21-9-20-15/h3-7,18H,8-9H2,1-2H3. The molecule has 0 unspecified atom stereocenters. The van der Waals surface area contributed by atoms with E-state index in [2.05, 4.69) is 34.2 Å². The monoisotopic (exact) mass is 349 g/mol.